The van der Waals surface area contributed by atoms with Crippen molar-refractivity contribution in [2.75, 3.05) is 5.33 Å². The molecule has 0 unspecified atom stereocenters. The molecular formula is C19H20BrNO4. The van der Waals surface area contributed by atoms with Crippen molar-refractivity contribution in [3.8, 4) is 0 Å². The average molecular weight is 406 g/mol. The lowest BCUT2D eigenvalue weighted by atomic mass is 10.2. The minimum atomic E-state index is -0.758. The molecule has 0 aromatic heterocycles. The molecule has 2 rings (SSSR count). The number of ether oxygens (including phenoxy) is 2. The smallest absolute Gasteiger partial charge is 0.408 e. The summed E-state index contributed by atoms with van der Waals surface area (Å²) in [5.74, 6) is -0.486. The van der Waals surface area contributed by atoms with Crippen LogP contribution in [0.5, 0.6) is 0 Å². The normalized spacial score (nSPS) is 11.4. The van der Waals surface area contributed by atoms with Crippen molar-refractivity contribution in [1.29, 1.82) is 0 Å². The quantitative estimate of drug-likeness (QED) is 0.535. The maximum absolute atomic E-state index is 12.2. The molecule has 0 bridgehead atoms. The van der Waals surface area contributed by atoms with Crippen LogP contribution in [0.4, 0.5) is 4.79 Å². The summed E-state index contributed by atoms with van der Waals surface area (Å²) in [6.45, 7) is 0.311. The van der Waals surface area contributed by atoms with Crippen LogP contribution in [0, 0.1) is 0 Å². The van der Waals surface area contributed by atoms with Gasteiger partial charge in [-0.2, -0.15) is 0 Å². The van der Waals surface area contributed by atoms with E-state index in [4.69, 9.17) is 9.47 Å². The van der Waals surface area contributed by atoms with Crippen LogP contribution in [0.1, 0.15) is 17.5 Å². The van der Waals surface area contributed by atoms with E-state index in [-0.39, 0.29) is 13.2 Å². The van der Waals surface area contributed by atoms with Gasteiger partial charge >= 0.3 is 12.1 Å². The molecule has 132 valence electrons. The molecule has 0 radical (unpaired) electrons. The van der Waals surface area contributed by atoms with E-state index in [1.54, 1.807) is 0 Å². The number of esters is 1. The predicted octanol–water partition coefficient (Wildman–Crippen LogP) is 3.81. The number of rotatable bonds is 8. The van der Waals surface area contributed by atoms with Crippen LogP contribution in [0.2, 0.25) is 0 Å². The Morgan fingerprint density at radius 3 is 1.92 bits per heavy atom. The minimum Gasteiger partial charge on any atom is -0.459 e. The Balaban J connectivity index is 1.81. The van der Waals surface area contributed by atoms with E-state index < -0.39 is 18.1 Å². The Kier molecular flexibility index (Phi) is 7.98. The molecule has 5 nitrogen and oxygen atoms in total. The Bertz CT molecular complexity index is 664. The molecule has 25 heavy (non-hydrogen) atoms. The van der Waals surface area contributed by atoms with Crippen molar-refractivity contribution >= 4 is 28.0 Å². The molecule has 0 aliphatic rings. The van der Waals surface area contributed by atoms with Gasteiger partial charge in [0.1, 0.15) is 19.3 Å². The zero-order valence-electron chi connectivity index (χ0n) is 13.7. The zero-order chi connectivity index (χ0) is 17.9. The molecule has 0 fully saturated rings. The second kappa shape index (κ2) is 10.5. The van der Waals surface area contributed by atoms with E-state index in [9.17, 15) is 9.59 Å². The lowest BCUT2D eigenvalue weighted by molar-refractivity contribution is -0.147. The first kappa shape index (κ1) is 19.0. The number of hydrogen-bond donors (Lipinski definition) is 1. The van der Waals surface area contributed by atoms with Gasteiger partial charge in [-0.15, -0.1) is 0 Å². The van der Waals surface area contributed by atoms with Crippen LogP contribution in [0.15, 0.2) is 60.7 Å². The van der Waals surface area contributed by atoms with Crippen molar-refractivity contribution < 1.29 is 19.1 Å². The molecule has 0 aliphatic heterocycles. The summed E-state index contributed by atoms with van der Waals surface area (Å²) in [6.07, 6.45) is -0.236. The largest absolute Gasteiger partial charge is 0.459 e. The molecule has 2 aromatic carbocycles. The Morgan fingerprint density at radius 1 is 0.880 bits per heavy atom. The lowest BCUT2D eigenvalue weighted by Crippen LogP contribution is -2.42. The number of nitrogens with one attached hydrogen (secondary N) is 1. The second-order valence-corrected chi connectivity index (χ2v) is 6.12. The van der Waals surface area contributed by atoms with Gasteiger partial charge < -0.3 is 14.8 Å². The molecule has 0 spiro atoms. The Labute approximate surface area is 155 Å². The monoisotopic (exact) mass is 405 g/mol. The maximum Gasteiger partial charge on any atom is 0.408 e. The maximum atomic E-state index is 12.2. The van der Waals surface area contributed by atoms with Gasteiger partial charge in [0.25, 0.3) is 0 Å². The van der Waals surface area contributed by atoms with Gasteiger partial charge in [-0.05, 0) is 17.5 Å². The molecule has 1 amide bonds. The molecule has 1 atom stereocenters. The topological polar surface area (TPSA) is 64.6 Å². The summed E-state index contributed by atoms with van der Waals surface area (Å²) < 4.78 is 10.4. The van der Waals surface area contributed by atoms with Gasteiger partial charge in [-0.25, -0.2) is 9.59 Å². The summed E-state index contributed by atoms with van der Waals surface area (Å²) in [6, 6.07) is 18.0. The summed E-state index contributed by atoms with van der Waals surface area (Å²) in [5.41, 5.74) is 1.77. The van der Waals surface area contributed by atoms with Crippen LogP contribution in [-0.4, -0.2) is 23.4 Å². The standard InChI is InChI=1S/C19H20BrNO4/c20-12-11-17(18(22)24-13-15-7-3-1-4-8-15)21-19(23)25-14-16-9-5-2-6-10-16/h1-10,17H,11-14H2,(H,21,23)/t17-/m0/s1. The van der Waals surface area contributed by atoms with Crippen molar-refractivity contribution in [2.24, 2.45) is 0 Å². The molecule has 6 heteroatoms. The summed E-state index contributed by atoms with van der Waals surface area (Å²) in [4.78, 5) is 24.1. The lowest BCUT2D eigenvalue weighted by Gasteiger charge is -2.16. The van der Waals surface area contributed by atoms with Gasteiger partial charge in [0.05, 0.1) is 0 Å². The first-order valence-electron chi connectivity index (χ1n) is 7.93. The second-order valence-electron chi connectivity index (χ2n) is 5.33. The number of carbonyl (C=O) groups is 2. The molecule has 0 aliphatic carbocycles. The van der Waals surface area contributed by atoms with Gasteiger partial charge in [-0.1, -0.05) is 76.6 Å². The van der Waals surface area contributed by atoms with Gasteiger partial charge in [-0.3, -0.25) is 0 Å². The minimum absolute atomic E-state index is 0.146. The first-order chi connectivity index (χ1) is 12.2. The van der Waals surface area contributed by atoms with Crippen LogP contribution in [0.3, 0.4) is 0 Å². The highest BCUT2D eigenvalue weighted by atomic mass is 79.9. The van der Waals surface area contributed by atoms with E-state index in [1.165, 1.54) is 0 Å². The van der Waals surface area contributed by atoms with E-state index in [0.29, 0.717) is 11.8 Å². The third-order valence-corrected chi connectivity index (χ3v) is 3.87. The highest BCUT2D eigenvalue weighted by Gasteiger charge is 2.22. The molecule has 0 heterocycles. The highest BCUT2D eigenvalue weighted by molar-refractivity contribution is 9.09. The van der Waals surface area contributed by atoms with E-state index >= 15 is 0 Å². The molecule has 0 saturated heterocycles. The molecule has 2 aromatic rings. The summed E-state index contributed by atoms with van der Waals surface area (Å²) in [7, 11) is 0. The number of amides is 1. The number of halogens is 1. The highest BCUT2D eigenvalue weighted by Crippen LogP contribution is 2.06. The number of hydrogen-bond acceptors (Lipinski definition) is 4. The predicted molar refractivity (Wildman–Crippen MR) is 98.2 cm³/mol. The van der Waals surface area contributed by atoms with Crippen LogP contribution >= 0.6 is 15.9 Å². The number of alkyl halides is 1. The van der Waals surface area contributed by atoms with Crippen molar-refractivity contribution in [3.63, 3.8) is 0 Å². The van der Waals surface area contributed by atoms with Crippen LogP contribution in [0.25, 0.3) is 0 Å². The van der Waals surface area contributed by atoms with Gasteiger partial charge in [0.2, 0.25) is 0 Å². The fraction of sp³-hybridized carbons (Fsp3) is 0.263. The molecular weight excluding hydrogens is 386 g/mol. The summed E-state index contributed by atoms with van der Waals surface area (Å²) >= 11 is 3.28. The van der Waals surface area contributed by atoms with E-state index in [2.05, 4.69) is 21.2 Å². The Morgan fingerprint density at radius 2 is 1.40 bits per heavy atom. The third-order valence-electron chi connectivity index (χ3n) is 3.41. The first-order valence-corrected chi connectivity index (χ1v) is 9.05. The third kappa shape index (κ3) is 6.97. The average Bonchev–Trinajstić information content (AvgIpc) is 2.66. The van der Waals surface area contributed by atoms with Gasteiger partial charge in [0.15, 0.2) is 0 Å². The molecule has 0 saturated carbocycles. The fourth-order valence-electron chi connectivity index (χ4n) is 2.09. The number of alkyl carbamates (subject to hydrolysis) is 1. The Hall–Kier alpha value is -2.34. The number of benzene rings is 2. The van der Waals surface area contributed by atoms with Gasteiger partial charge in [0, 0.05) is 5.33 Å². The van der Waals surface area contributed by atoms with Crippen molar-refractivity contribution in [3.05, 3.63) is 71.8 Å². The van der Waals surface area contributed by atoms with E-state index in [1.807, 2.05) is 60.7 Å². The van der Waals surface area contributed by atoms with Crippen molar-refractivity contribution in [1.82, 2.24) is 5.32 Å². The zero-order valence-corrected chi connectivity index (χ0v) is 15.3. The van der Waals surface area contributed by atoms with Crippen molar-refractivity contribution in [2.45, 2.75) is 25.7 Å². The van der Waals surface area contributed by atoms with Crippen LogP contribution in [-0.2, 0) is 27.5 Å². The fourth-order valence-corrected chi connectivity index (χ4v) is 2.55. The summed E-state index contributed by atoms with van der Waals surface area (Å²) in [5, 5.41) is 3.11. The van der Waals surface area contributed by atoms with Crippen LogP contribution < -0.4 is 5.32 Å². The number of carbonyl (C=O) groups excluding carboxylic acids is 2. The SMILES string of the molecule is O=C(N[C@@H](CCBr)C(=O)OCc1ccccc1)OCc1ccccc1. The molecule has 1 N–H and O–H groups in total. The van der Waals surface area contributed by atoms with E-state index in [0.717, 1.165) is 11.1 Å².